The van der Waals surface area contributed by atoms with Crippen molar-refractivity contribution in [1.82, 2.24) is 56.3 Å². The van der Waals surface area contributed by atoms with E-state index < -0.39 is 77.5 Å². The summed E-state index contributed by atoms with van der Waals surface area (Å²) in [7, 11) is 6.56. The molecule has 4 fully saturated rings. The van der Waals surface area contributed by atoms with Crippen LogP contribution < -0.4 is 81.5 Å². The van der Waals surface area contributed by atoms with E-state index in [0.29, 0.717) is 84.2 Å². The Morgan fingerprint density at radius 3 is 1.25 bits per heavy atom. The number of aliphatic carboxylic acids is 1. The molecule has 2 saturated carbocycles. The van der Waals surface area contributed by atoms with E-state index in [0.717, 1.165) is 156 Å². The molecule has 13 amide bonds. The van der Waals surface area contributed by atoms with Gasteiger partial charge in [-0.2, -0.15) is 23.1 Å². The standard InChI is InChI=1S/C45H55N9O9.C23H30N4O6.C22H27N5O4.C2HF3O2/c1-4-31-43(60)52(2)33-25-48-45(51-39(33)53(31)28-14-9-10-15-28)49-30-19-18-27(24-35(30)62-3)40(57)47-23-12-8-6-5-7-11-22-46-37(56)26-63-34-17-13-16-29-38(34)44(61)54(42(29)59)32-20-21-36(55)50-41(32)58;24-12-5-3-1-2-4-6-13-25-19(29)14-33-17-9-7-8-15-20(17)23(32)27(22(15)31)16-10-11-18(28)26-21(16)30;1-4-16-20(28)26(2)17-12-23-22(25-19(17)27(16)14-7-5-6-8-14)24-15-10-9-13(21(29)30)11-18(15)31-3;3-2(4,5)1(6)7/h13,16-19,24-25,28,31-32H,4-12,14-15,20-23,26H2,1-3H3,(H,46,56)(H,47,57)(H,48,49,51)(H,50,55,58);7-9,16H,1-6,10-14,24H2,(H,25,29)(H,26,28,30);9-12,14,16H,4-8H2,1-3H3,(H,29,30)(H,23,24,25);(H,6,7)/t31-,32?;;16-;/m1.1./s1. The summed E-state index contributed by atoms with van der Waals surface area (Å²) >= 11 is 0. The van der Waals surface area contributed by atoms with Gasteiger partial charge >= 0.3 is 18.1 Å². The quantitative estimate of drug-likeness (QED) is 0.0128. The minimum Gasteiger partial charge on any atom is -0.495 e. The first-order valence-corrected chi connectivity index (χ1v) is 45.1. The van der Waals surface area contributed by atoms with E-state index in [4.69, 9.17) is 44.6 Å². The Morgan fingerprint density at radius 2 is 0.881 bits per heavy atom. The lowest BCUT2D eigenvalue weighted by Gasteiger charge is -2.43. The number of alkyl halides is 3. The number of hydrogen-bond donors (Lipinski definition) is 10. The van der Waals surface area contributed by atoms with E-state index in [1.807, 2.05) is 13.8 Å². The molecular formula is C92H113F3N18O21. The molecule has 6 aliphatic heterocycles. The third-order valence-corrected chi connectivity index (χ3v) is 24.2. The summed E-state index contributed by atoms with van der Waals surface area (Å²) in [5.41, 5.74) is 8.81. The molecule has 2 aliphatic carbocycles. The third-order valence-electron chi connectivity index (χ3n) is 24.2. The van der Waals surface area contributed by atoms with Crippen molar-refractivity contribution in [3.63, 3.8) is 0 Å². The Hall–Kier alpha value is -14.0. The number of carboxylic acids is 2. The maximum absolute atomic E-state index is 13.3. The van der Waals surface area contributed by atoms with Gasteiger partial charge in [-0.1, -0.05) is 103 Å². The van der Waals surface area contributed by atoms with E-state index in [1.54, 1.807) is 73.7 Å². The van der Waals surface area contributed by atoms with Crippen LogP contribution in [-0.4, -0.2) is 239 Å². The lowest BCUT2D eigenvalue weighted by atomic mass is 10.0. The third kappa shape index (κ3) is 24.5. The van der Waals surface area contributed by atoms with Crippen molar-refractivity contribution in [3.05, 3.63) is 119 Å². The molecule has 0 radical (unpaired) electrons. The van der Waals surface area contributed by atoms with Gasteiger partial charge in [-0.25, -0.2) is 19.6 Å². The molecule has 0 spiro atoms. The van der Waals surface area contributed by atoms with Gasteiger partial charge in [0, 0.05) is 64.2 Å². The van der Waals surface area contributed by atoms with Crippen LogP contribution in [0, 0.1) is 0 Å². The Bertz CT molecular complexity index is 5380. The first-order valence-electron chi connectivity index (χ1n) is 45.1. The number of halogens is 3. The van der Waals surface area contributed by atoms with Gasteiger partial charge in [-0.05, 0) is 144 Å². The number of benzene rings is 4. The van der Waals surface area contributed by atoms with Crippen molar-refractivity contribution in [2.45, 2.75) is 223 Å². The zero-order valence-corrected chi connectivity index (χ0v) is 75.5. The summed E-state index contributed by atoms with van der Waals surface area (Å²) in [6.07, 6.45) is 20.1. The van der Waals surface area contributed by atoms with Crippen LogP contribution in [-0.2, 0) is 43.2 Å². The molecule has 718 valence electrons. The maximum Gasteiger partial charge on any atom is 0.490 e. The van der Waals surface area contributed by atoms with Gasteiger partial charge in [-0.3, -0.25) is 82.8 Å². The number of hydrogen-bond acceptors (Lipinski definition) is 28. The molecule has 2 unspecified atom stereocenters. The molecule has 8 aliphatic rings. The van der Waals surface area contributed by atoms with Crippen molar-refractivity contribution < 1.29 is 114 Å². The van der Waals surface area contributed by atoms with E-state index >= 15 is 0 Å². The number of imide groups is 4. The second kappa shape index (κ2) is 46.9. The minimum absolute atomic E-state index is 0.00879. The number of anilines is 8. The zero-order valence-electron chi connectivity index (χ0n) is 75.5. The highest BCUT2D eigenvalue weighted by atomic mass is 19.4. The molecular weight excluding hydrogens is 1750 g/mol. The minimum atomic E-state index is -5.08. The number of carbonyl (C=O) groups is 15. The van der Waals surface area contributed by atoms with Crippen LogP contribution in [0.25, 0.3) is 0 Å². The number of aromatic carboxylic acids is 1. The second-order valence-corrected chi connectivity index (χ2v) is 33.1. The number of unbranched alkanes of at least 4 members (excludes halogenated alkanes) is 10. The Morgan fingerprint density at radius 1 is 0.500 bits per heavy atom. The average molecular weight is 1860 g/mol. The number of nitrogens with two attached hydrogens (primary N) is 1. The van der Waals surface area contributed by atoms with Gasteiger partial charge in [0.25, 0.3) is 41.4 Å². The predicted octanol–water partition coefficient (Wildman–Crippen LogP) is 9.35. The highest BCUT2D eigenvalue weighted by molar-refractivity contribution is 6.26. The molecule has 2 saturated heterocycles. The number of rotatable bonds is 37. The molecule has 11 N–H and O–H groups in total. The van der Waals surface area contributed by atoms with Crippen LogP contribution in [0.1, 0.15) is 243 Å². The summed E-state index contributed by atoms with van der Waals surface area (Å²) in [5.74, 6) is -6.24. The Labute approximate surface area is 770 Å². The summed E-state index contributed by atoms with van der Waals surface area (Å²) < 4.78 is 53.9. The monoisotopic (exact) mass is 1860 g/mol. The molecule has 4 aromatic carbocycles. The normalized spacial score (nSPS) is 18.0. The molecule has 0 bridgehead atoms. The highest BCUT2D eigenvalue weighted by Gasteiger charge is 2.50. The number of aromatic nitrogens is 4. The number of fused-ring (bicyclic) bond motifs is 4. The van der Waals surface area contributed by atoms with E-state index in [-0.39, 0.29) is 132 Å². The fraction of sp³-hybridized carbons (Fsp3) is 0.489. The number of carbonyl (C=O) groups excluding carboxylic acids is 13. The first kappa shape index (κ1) is 101. The van der Waals surface area contributed by atoms with E-state index in [9.17, 15) is 85.4 Å². The maximum atomic E-state index is 13.3. The van der Waals surface area contributed by atoms with Crippen LogP contribution in [0.2, 0.25) is 0 Å². The molecule has 14 rings (SSSR count). The van der Waals surface area contributed by atoms with Crippen molar-refractivity contribution in [2.24, 2.45) is 5.73 Å². The number of carboxylic acid groups (broad SMARTS) is 2. The lowest BCUT2D eigenvalue weighted by Crippen LogP contribution is -2.55. The summed E-state index contributed by atoms with van der Waals surface area (Å²) in [6.45, 7) is 5.62. The van der Waals surface area contributed by atoms with Crippen molar-refractivity contribution in [3.8, 4) is 23.0 Å². The van der Waals surface area contributed by atoms with Crippen molar-refractivity contribution in [2.75, 3.05) is 97.9 Å². The van der Waals surface area contributed by atoms with E-state index in [2.05, 4.69) is 57.0 Å². The Balaban J connectivity index is 0.000000203. The molecule has 134 heavy (non-hydrogen) atoms. The fourth-order valence-corrected chi connectivity index (χ4v) is 17.3. The predicted molar refractivity (Wildman–Crippen MR) is 482 cm³/mol. The number of nitrogens with one attached hydrogen (secondary N) is 7. The molecule has 39 nitrogen and oxygen atoms in total. The SMILES string of the molecule is CC[C@@H]1C(=O)N(C)c2cnc(Nc3ccc(C(=O)NCCCCCCCCNC(=O)COc4cccc5c4C(=O)N(C4CCC(=O)NC4=O)C5=O)cc3OC)nc2N1C1CCCC1.CC[C@@H]1C(=O)N(C)c2cnc(Nc3ccc(C(=O)O)cc3OC)nc2N1C1CCCC1.NCCCCCCCCNC(=O)COc1cccc2c1C(=O)N(C1CCC(=O)NC1=O)C2=O.O=C(O)C(F)(F)F. The zero-order chi connectivity index (χ0) is 96.6. The van der Waals surface area contributed by atoms with Crippen LogP contribution in [0.5, 0.6) is 23.0 Å². The largest absolute Gasteiger partial charge is 0.495 e. The van der Waals surface area contributed by atoms with Gasteiger partial charge in [0.05, 0.1) is 65.8 Å². The second-order valence-electron chi connectivity index (χ2n) is 33.1. The number of likely N-dealkylation sites (N-methyl/N-ethyl adjacent to an activating group) is 2. The summed E-state index contributed by atoms with van der Waals surface area (Å²) in [4.78, 5) is 212. The average Bonchev–Trinajstić information content (AvgIpc) is 1.76. The van der Waals surface area contributed by atoms with E-state index in [1.165, 1.54) is 49.6 Å². The topological polar surface area (TPSA) is 515 Å². The first-order chi connectivity index (χ1) is 64.3. The molecule has 6 aromatic rings. The number of methoxy groups -OCH3 is 2. The Kier molecular flexibility index (Phi) is 35.2. The number of amides is 13. The van der Waals surface area contributed by atoms with Gasteiger partial charge in [0.2, 0.25) is 47.3 Å². The number of piperidine rings is 2. The number of nitrogens with zero attached hydrogens (tertiary/aromatic N) is 10. The highest BCUT2D eigenvalue weighted by Crippen LogP contribution is 2.44. The molecule has 42 heteroatoms. The lowest BCUT2D eigenvalue weighted by molar-refractivity contribution is -0.192. The van der Waals surface area contributed by atoms with Crippen LogP contribution >= 0.6 is 0 Å². The molecule has 8 heterocycles. The number of ether oxygens (including phenoxy) is 4. The van der Waals surface area contributed by atoms with Crippen molar-refractivity contribution in [1.29, 1.82) is 0 Å². The van der Waals surface area contributed by atoms with Gasteiger partial charge in [-0.15, -0.1) is 0 Å². The van der Waals surface area contributed by atoms with Gasteiger partial charge in [0.15, 0.2) is 24.8 Å². The molecule has 2 aromatic heterocycles. The molecule has 4 atom stereocenters. The van der Waals surface area contributed by atoms with Crippen LogP contribution in [0.15, 0.2) is 85.2 Å². The fourth-order valence-electron chi connectivity index (χ4n) is 17.3. The van der Waals surface area contributed by atoms with Crippen LogP contribution in [0.3, 0.4) is 0 Å². The van der Waals surface area contributed by atoms with Gasteiger partial charge in [0.1, 0.15) is 58.5 Å². The summed E-state index contributed by atoms with van der Waals surface area (Å²) in [6, 6.07) is 16.7. The van der Waals surface area contributed by atoms with Gasteiger partial charge < -0.3 is 81.1 Å². The van der Waals surface area contributed by atoms with Crippen LogP contribution in [0.4, 0.5) is 59.5 Å². The van der Waals surface area contributed by atoms with Crippen molar-refractivity contribution >= 4 is 135 Å². The summed E-state index contributed by atoms with van der Waals surface area (Å²) in [5, 5.41) is 35.6. The smallest absolute Gasteiger partial charge is 0.490 e.